The van der Waals surface area contributed by atoms with Crippen LogP contribution in [0.15, 0.2) is 36.8 Å². The van der Waals surface area contributed by atoms with E-state index < -0.39 is 24.0 Å². The van der Waals surface area contributed by atoms with E-state index in [0.29, 0.717) is 29.8 Å². The number of aromatic nitrogens is 2. The molecule has 1 amide bonds. The lowest BCUT2D eigenvalue weighted by atomic mass is 9.98. The average molecular weight is 409 g/mol. The number of aliphatic hydroxyl groups excluding tert-OH is 1. The Bertz CT molecular complexity index is 858. The predicted octanol–water partition coefficient (Wildman–Crippen LogP) is 3.02. The van der Waals surface area contributed by atoms with E-state index >= 15 is 0 Å². The number of pyridine rings is 2. The number of ether oxygens (including phenoxy) is 1. The minimum Gasteiger partial charge on any atom is -0.496 e. The first-order valence-electron chi connectivity index (χ1n) is 9.18. The van der Waals surface area contributed by atoms with Crippen molar-refractivity contribution in [1.82, 2.24) is 14.9 Å². The molecule has 1 saturated heterocycles. The van der Waals surface area contributed by atoms with Crippen LogP contribution in [-0.4, -0.2) is 45.6 Å². The molecule has 1 aliphatic rings. The molecule has 6 nitrogen and oxygen atoms in total. The predicted molar refractivity (Wildman–Crippen MR) is 98.0 cm³/mol. The quantitative estimate of drug-likeness (QED) is 0.822. The van der Waals surface area contributed by atoms with Gasteiger partial charge in [0, 0.05) is 30.7 Å². The molecule has 0 radical (unpaired) electrons. The van der Waals surface area contributed by atoms with Gasteiger partial charge in [-0.15, -0.1) is 0 Å². The molecule has 2 aromatic heterocycles. The summed E-state index contributed by atoms with van der Waals surface area (Å²) in [5.41, 5.74) is -0.127. The van der Waals surface area contributed by atoms with Crippen molar-refractivity contribution in [2.24, 2.45) is 5.92 Å². The Balaban J connectivity index is 1.76. The second-order valence-corrected chi connectivity index (χ2v) is 7.24. The maximum atomic E-state index is 12.9. The molecule has 2 aromatic rings. The van der Waals surface area contributed by atoms with Crippen LogP contribution in [0.4, 0.5) is 13.2 Å². The van der Waals surface area contributed by atoms with E-state index in [0.717, 1.165) is 12.3 Å². The number of amides is 1. The van der Waals surface area contributed by atoms with Crippen molar-refractivity contribution >= 4 is 5.91 Å². The summed E-state index contributed by atoms with van der Waals surface area (Å²) in [6.45, 7) is 2.43. The monoisotopic (exact) mass is 409 g/mol. The van der Waals surface area contributed by atoms with E-state index in [9.17, 15) is 23.1 Å². The Kier molecular flexibility index (Phi) is 6.07. The maximum absolute atomic E-state index is 12.9. The Morgan fingerprint density at radius 1 is 1.34 bits per heavy atom. The molecule has 0 bridgehead atoms. The Hall–Kier alpha value is -2.68. The molecule has 3 atom stereocenters. The van der Waals surface area contributed by atoms with Crippen molar-refractivity contribution in [3.05, 3.63) is 53.6 Å². The van der Waals surface area contributed by atoms with Gasteiger partial charge in [-0.25, -0.2) is 0 Å². The normalized spacial score (nSPS) is 20.6. The van der Waals surface area contributed by atoms with Gasteiger partial charge < -0.3 is 14.7 Å². The molecule has 1 fully saturated rings. The number of halogens is 3. The average Bonchev–Trinajstić information content (AvgIpc) is 3.09. The van der Waals surface area contributed by atoms with Crippen LogP contribution in [0.2, 0.25) is 0 Å². The number of likely N-dealkylation sites (tertiary alicyclic amines) is 1. The highest BCUT2D eigenvalue weighted by molar-refractivity contribution is 5.79. The first-order valence-corrected chi connectivity index (χ1v) is 9.18. The lowest BCUT2D eigenvalue weighted by molar-refractivity contribution is -0.141. The van der Waals surface area contributed by atoms with Gasteiger partial charge in [0.2, 0.25) is 5.91 Å². The molecule has 1 aliphatic heterocycles. The van der Waals surface area contributed by atoms with Crippen molar-refractivity contribution in [3.8, 4) is 5.75 Å². The summed E-state index contributed by atoms with van der Waals surface area (Å²) in [7, 11) is 1.49. The van der Waals surface area contributed by atoms with Crippen LogP contribution in [0.5, 0.6) is 5.75 Å². The van der Waals surface area contributed by atoms with Gasteiger partial charge in [0.1, 0.15) is 17.5 Å². The van der Waals surface area contributed by atoms with E-state index in [1.165, 1.54) is 19.4 Å². The third-order valence-electron chi connectivity index (χ3n) is 5.06. The molecular weight excluding hydrogens is 387 g/mol. The van der Waals surface area contributed by atoms with Gasteiger partial charge in [0.15, 0.2) is 0 Å². The molecule has 156 valence electrons. The van der Waals surface area contributed by atoms with Gasteiger partial charge >= 0.3 is 6.18 Å². The zero-order valence-corrected chi connectivity index (χ0v) is 16.1. The topological polar surface area (TPSA) is 75.6 Å². The summed E-state index contributed by atoms with van der Waals surface area (Å²) in [5, 5.41) is 10.9. The molecule has 29 heavy (non-hydrogen) atoms. The van der Waals surface area contributed by atoms with Crippen LogP contribution in [0, 0.1) is 5.92 Å². The number of aliphatic hydroxyl groups is 1. The number of carbonyl (C=O) groups is 1. The molecule has 9 heteroatoms. The van der Waals surface area contributed by atoms with Crippen molar-refractivity contribution in [3.63, 3.8) is 0 Å². The summed E-state index contributed by atoms with van der Waals surface area (Å²) in [5.74, 6) is 0.376. The largest absolute Gasteiger partial charge is 0.496 e. The minimum atomic E-state index is -4.52. The van der Waals surface area contributed by atoms with E-state index in [2.05, 4.69) is 9.97 Å². The van der Waals surface area contributed by atoms with E-state index in [4.69, 9.17) is 4.74 Å². The van der Waals surface area contributed by atoms with Gasteiger partial charge in [-0.1, -0.05) is 13.0 Å². The van der Waals surface area contributed by atoms with Crippen LogP contribution >= 0.6 is 0 Å². The third kappa shape index (κ3) is 4.67. The van der Waals surface area contributed by atoms with Gasteiger partial charge in [-0.3, -0.25) is 14.8 Å². The molecular formula is C20H22F3N3O3. The third-order valence-corrected chi connectivity index (χ3v) is 5.06. The van der Waals surface area contributed by atoms with Gasteiger partial charge in [-0.05, 0) is 30.0 Å². The highest BCUT2D eigenvalue weighted by Crippen LogP contribution is 2.36. The number of nitrogens with zero attached hydrogens (tertiary/aromatic N) is 3. The van der Waals surface area contributed by atoms with Crippen LogP contribution < -0.4 is 4.74 Å². The summed E-state index contributed by atoms with van der Waals surface area (Å²) in [4.78, 5) is 21.9. The first-order chi connectivity index (χ1) is 13.7. The van der Waals surface area contributed by atoms with Crippen LogP contribution in [0.1, 0.15) is 36.3 Å². The second-order valence-electron chi connectivity index (χ2n) is 7.24. The lowest BCUT2D eigenvalue weighted by Crippen LogP contribution is -2.40. The van der Waals surface area contributed by atoms with Gasteiger partial charge in [0.05, 0.1) is 19.6 Å². The zero-order chi connectivity index (χ0) is 21.2. The molecule has 0 aromatic carbocycles. The van der Waals surface area contributed by atoms with Crippen molar-refractivity contribution < 1.29 is 27.8 Å². The SMILES string of the molecule is COc1ccncc1C(O)[C@H]1C[C@@H](C)CN1C(=O)Cc1ccc(C(F)(F)F)nc1. The summed E-state index contributed by atoms with van der Waals surface area (Å²) < 4.78 is 43.2. The number of hydrogen-bond acceptors (Lipinski definition) is 5. The lowest BCUT2D eigenvalue weighted by Gasteiger charge is -2.29. The number of hydrogen-bond donors (Lipinski definition) is 1. The molecule has 3 rings (SSSR count). The molecule has 1 N–H and O–H groups in total. The van der Waals surface area contributed by atoms with E-state index in [1.807, 2.05) is 6.92 Å². The number of carbonyl (C=O) groups excluding carboxylic acids is 1. The highest BCUT2D eigenvalue weighted by atomic mass is 19.4. The number of methoxy groups -OCH3 is 1. The van der Waals surface area contributed by atoms with Crippen LogP contribution in [-0.2, 0) is 17.4 Å². The zero-order valence-electron chi connectivity index (χ0n) is 16.1. The molecule has 3 heterocycles. The Morgan fingerprint density at radius 3 is 2.72 bits per heavy atom. The highest BCUT2D eigenvalue weighted by Gasteiger charge is 2.39. The van der Waals surface area contributed by atoms with Crippen LogP contribution in [0.3, 0.4) is 0 Å². The van der Waals surface area contributed by atoms with Crippen molar-refractivity contribution in [2.75, 3.05) is 13.7 Å². The smallest absolute Gasteiger partial charge is 0.433 e. The second kappa shape index (κ2) is 8.36. The summed E-state index contributed by atoms with van der Waals surface area (Å²) in [6.07, 6.45) is -0.887. The fraction of sp³-hybridized carbons (Fsp3) is 0.450. The maximum Gasteiger partial charge on any atom is 0.433 e. The Labute approximate surface area is 166 Å². The molecule has 0 saturated carbocycles. The van der Waals surface area contributed by atoms with Crippen molar-refractivity contribution in [1.29, 1.82) is 0 Å². The Morgan fingerprint density at radius 2 is 2.10 bits per heavy atom. The van der Waals surface area contributed by atoms with Gasteiger partial charge in [0.25, 0.3) is 0 Å². The van der Waals surface area contributed by atoms with Gasteiger partial charge in [-0.2, -0.15) is 13.2 Å². The first kappa shape index (κ1) is 21.0. The number of rotatable bonds is 5. The number of alkyl halides is 3. The minimum absolute atomic E-state index is 0.0920. The molecule has 0 spiro atoms. The summed E-state index contributed by atoms with van der Waals surface area (Å²) in [6, 6.07) is 3.28. The fourth-order valence-electron chi connectivity index (χ4n) is 3.65. The summed E-state index contributed by atoms with van der Waals surface area (Å²) >= 11 is 0. The van der Waals surface area contributed by atoms with E-state index in [1.54, 1.807) is 17.2 Å². The fourth-order valence-corrected chi connectivity index (χ4v) is 3.65. The van der Waals surface area contributed by atoms with Crippen molar-refractivity contribution in [2.45, 2.75) is 38.1 Å². The van der Waals surface area contributed by atoms with Crippen LogP contribution in [0.25, 0.3) is 0 Å². The van der Waals surface area contributed by atoms with E-state index in [-0.39, 0.29) is 18.2 Å². The molecule has 0 aliphatic carbocycles. The standard InChI is InChI=1S/C20H22F3N3O3/c1-12-7-15(19(28)14-10-24-6-5-16(14)29-2)26(11-12)18(27)8-13-3-4-17(25-9-13)20(21,22)23/h3-6,9-10,12,15,19,28H,7-8,11H2,1-2H3/t12-,15-,19?/m1/s1. The molecule has 1 unspecified atom stereocenters.